The van der Waals surface area contributed by atoms with Gasteiger partial charge < -0.3 is 15.4 Å². The number of nitrogens with one attached hydrogen (secondary N) is 2. The minimum atomic E-state index is -0.323. The highest BCUT2D eigenvalue weighted by atomic mass is 16.5. The SMILES string of the molecule is COc1cccc(NC(=O)c2cncc(C(=O)NC3CCCC3)c2)c1. The molecule has 0 spiro atoms. The van der Waals surface area contributed by atoms with Crippen LogP contribution in [0, 0.1) is 0 Å². The van der Waals surface area contributed by atoms with E-state index in [0.717, 1.165) is 25.7 Å². The van der Waals surface area contributed by atoms with E-state index in [9.17, 15) is 9.59 Å². The smallest absolute Gasteiger partial charge is 0.257 e. The molecule has 6 heteroatoms. The molecule has 0 saturated heterocycles. The molecule has 0 unspecified atom stereocenters. The van der Waals surface area contributed by atoms with E-state index in [2.05, 4.69) is 15.6 Å². The Labute approximate surface area is 146 Å². The van der Waals surface area contributed by atoms with Gasteiger partial charge in [-0.05, 0) is 31.0 Å². The second-order valence-electron chi connectivity index (χ2n) is 6.10. The van der Waals surface area contributed by atoms with E-state index < -0.39 is 0 Å². The predicted octanol–water partition coefficient (Wildman–Crippen LogP) is 3.01. The lowest BCUT2D eigenvalue weighted by molar-refractivity contribution is 0.0937. The van der Waals surface area contributed by atoms with Crippen LogP contribution in [0.25, 0.3) is 0 Å². The fourth-order valence-electron chi connectivity index (χ4n) is 2.93. The van der Waals surface area contributed by atoms with Crippen molar-refractivity contribution >= 4 is 17.5 Å². The number of pyridine rings is 1. The molecule has 0 radical (unpaired) electrons. The lowest BCUT2D eigenvalue weighted by Gasteiger charge is -2.12. The Kier molecular flexibility index (Phi) is 5.28. The molecule has 130 valence electrons. The summed E-state index contributed by atoms with van der Waals surface area (Å²) in [5.74, 6) is 0.146. The number of rotatable bonds is 5. The molecule has 2 aromatic rings. The molecule has 6 nitrogen and oxygen atoms in total. The third-order valence-electron chi connectivity index (χ3n) is 4.28. The number of carbonyl (C=O) groups is 2. The van der Waals surface area contributed by atoms with Gasteiger partial charge in [-0.25, -0.2) is 0 Å². The van der Waals surface area contributed by atoms with Gasteiger partial charge in [0.25, 0.3) is 11.8 Å². The van der Waals surface area contributed by atoms with Gasteiger partial charge in [0.15, 0.2) is 0 Å². The van der Waals surface area contributed by atoms with E-state index in [4.69, 9.17) is 4.74 Å². The lowest BCUT2D eigenvalue weighted by atomic mass is 10.1. The Morgan fingerprint density at radius 1 is 1.08 bits per heavy atom. The summed E-state index contributed by atoms with van der Waals surface area (Å²) in [6, 6.07) is 8.87. The zero-order valence-electron chi connectivity index (χ0n) is 14.1. The van der Waals surface area contributed by atoms with Gasteiger partial charge in [-0.2, -0.15) is 0 Å². The van der Waals surface area contributed by atoms with Crippen molar-refractivity contribution in [1.82, 2.24) is 10.3 Å². The van der Waals surface area contributed by atoms with Crippen molar-refractivity contribution in [3.8, 4) is 5.75 Å². The molecule has 1 aliphatic carbocycles. The van der Waals surface area contributed by atoms with Gasteiger partial charge in [-0.3, -0.25) is 14.6 Å². The van der Waals surface area contributed by atoms with Gasteiger partial charge in [0, 0.05) is 30.2 Å². The predicted molar refractivity (Wildman–Crippen MR) is 94.9 cm³/mol. The number of anilines is 1. The third kappa shape index (κ3) is 4.35. The Morgan fingerprint density at radius 2 is 1.80 bits per heavy atom. The largest absolute Gasteiger partial charge is 0.497 e. The number of carbonyl (C=O) groups excluding carboxylic acids is 2. The lowest BCUT2D eigenvalue weighted by Crippen LogP contribution is -2.32. The first-order valence-corrected chi connectivity index (χ1v) is 8.37. The third-order valence-corrected chi connectivity index (χ3v) is 4.28. The number of aromatic nitrogens is 1. The van der Waals surface area contributed by atoms with Crippen LogP contribution in [0.15, 0.2) is 42.7 Å². The molecule has 1 aliphatic rings. The van der Waals surface area contributed by atoms with Crippen LogP contribution in [-0.2, 0) is 0 Å². The van der Waals surface area contributed by atoms with Crippen LogP contribution in [-0.4, -0.2) is 29.9 Å². The number of ether oxygens (including phenoxy) is 1. The fraction of sp³-hybridized carbons (Fsp3) is 0.316. The van der Waals surface area contributed by atoms with Crippen molar-refractivity contribution in [2.24, 2.45) is 0 Å². The van der Waals surface area contributed by atoms with Gasteiger partial charge in [0.05, 0.1) is 18.2 Å². The van der Waals surface area contributed by atoms with Crippen molar-refractivity contribution in [1.29, 1.82) is 0 Å². The number of nitrogens with zero attached hydrogens (tertiary/aromatic N) is 1. The highest BCUT2D eigenvalue weighted by Gasteiger charge is 2.19. The molecule has 1 fully saturated rings. The van der Waals surface area contributed by atoms with Gasteiger partial charge in [0.2, 0.25) is 0 Å². The average Bonchev–Trinajstić information content (AvgIpc) is 3.15. The van der Waals surface area contributed by atoms with Crippen molar-refractivity contribution in [2.75, 3.05) is 12.4 Å². The van der Waals surface area contributed by atoms with Crippen LogP contribution in [0.4, 0.5) is 5.69 Å². The minimum absolute atomic E-state index is 0.185. The van der Waals surface area contributed by atoms with E-state index in [-0.39, 0.29) is 17.9 Å². The summed E-state index contributed by atoms with van der Waals surface area (Å²) in [5.41, 5.74) is 1.34. The Hall–Kier alpha value is -2.89. The van der Waals surface area contributed by atoms with Crippen LogP contribution in [0.5, 0.6) is 5.75 Å². The number of benzene rings is 1. The maximum Gasteiger partial charge on any atom is 0.257 e. The maximum absolute atomic E-state index is 12.4. The molecular formula is C19H21N3O3. The summed E-state index contributed by atoms with van der Waals surface area (Å²) >= 11 is 0. The van der Waals surface area contributed by atoms with Gasteiger partial charge in [-0.1, -0.05) is 18.9 Å². The molecule has 25 heavy (non-hydrogen) atoms. The Bertz CT molecular complexity index is 770. The van der Waals surface area contributed by atoms with Crippen molar-refractivity contribution in [3.63, 3.8) is 0 Å². The zero-order chi connectivity index (χ0) is 17.6. The average molecular weight is 339 g/mol. The van der Waals surface area contributed by atoms with Crippen molar-refractivity contribution in [3.05, 3.63) is 53.9 Å². The quantitative estimate of drug-likeness (QED) is 0.877. The van der Waals surface area contributed by atoms with Crippen LogP contribution in [0.2, 0.25) is 0 Å². The Balaban J connectivity index is 1.69. The monoisotopic (exact) mass is 339 g/mol. The normalized spacial score (nSPS) is 14.1. The second-order valence-corrected chi connectivity index (χ2v) is 6.10. The first kappa shape index (κ1) is 17.0. The van der Waals surface area contributed by atoms with E-state index in [0.29, 0.717) is 22.6 Å². The standard InChI is InChI=1S/C19H21N3O3/c1-25-17-8-4-7-16(10-17)22-19(24)14-9-13(11-20-12-14)18(23)21-15-5-2-3-6-15/h4,7-12,15H,2-3,5-6H2,1H3,(H,21,23)(H,22,24). The minimum Gasteiger partial charge on any atom is -0.497 e. The number of amides is 2. The van der Waals surface area contributed by atoms with Gasteiger partial charge >= 0.3 is 0 Å². The summed E-state index contributed by atoms with van der Waals surface area (Å²) < 4.78 is 5.14. The molecule has 0 bridgehead atoms. The molecule has 1 aromatic carbocycles. The fourth-order valence-corrected chi connectivity index (χ4v) is 2.93. The summed E-state index contributed by atoms with van der Waals surface area (Å²) in [6.07, 6.45) is 7.23. The topological polar surface area (TPSA) is 80.3 Å². The molecule has 1 heterocycles. The van der Waals surface area contributed by atoms with Crippen molar-refractivity contribution in [2.45, 2.75) is 31.7 Å². The molecule has 1 saturated carbocycles. The molecule has 1 aromatic heterocycles. The highest BCUT2D eigenvalue weighted by molar-refractivity contribution is 6.05. The van der Waals surface area contributed by atoms with Gasteiger partial charge in [0.1, 0.15) is 5.75 Å². The number of methoxy groups -OCH3 is 1. The van der Waals surface area contributed by atoms with Crippen molar-refractivity contribution < 1.29 is 14.3 Å². The second kappa shape index (κ2) is 7.79. The first-order valence-electron chi connectivity index (χ1n) is 8.37. The molecule has 0 atom stereocenters. The van der Waals surface area contributed by atoms with Crippen LogP contribution < -0.4 is 15.4 Å². The van der Waals surface area contributed by atoms with E-state index >= 15 is 0 Å². The zero-order valence-corrected chi connectivity index (χ0v) is 14.1. The van der Waals surface area contributed by atoms with Gasteiger partial charge in [-0.15, -0.1) is 0 Å². The summed E-state index contributed by atoms with van der Waals surface area (Å²) in [6.45, 7) is 0. The maximum atomic E-state index is 12.4. The molecule has 2 N–H and O–H groups in total. The molecule has 0 aliphatic heterocycles. The summed E-state index contributed by atoms with van der Waals surface area (Å²) in [5, 5.41) is 5.78. The Morgan fingerprint density at radius 3 is 2.52 bits per heavy atom. The van der Waals surface area contributed by atoms with Crippen LogP contribution >= 0.6 is 0 Å². The number of hydrogen-bond acceptors (Lipinski definition) is 4. The first-order chi connectivity index (χ1) is 12.2. The van der Waals surface area contributed by atoms with Crippen LogP contribution in [0.3, 0.4) is 0 Å². The van der Waals surface area contributed by atoms with E-state index in [1.165, 1.54) is 12.4 Å². The van der Waals surface area contributed by atoms with E-state index in [1.807, 2.05) is 0 Å². The summed E-state index contributed by atoms with van der Waals surface area (Å²) in [7, 11) is 1.57. The molecular weight excluding hydrogens is 318 g/mol. The van der Waals surface area contributed by atoms with Crippen LogP contribution in [0.1, 0.15) is 46.4 Å². The highest BCUT2D eigenvalue weighted by Crippen LogP contribution is 2.19. The molecule has 2 amide bonds. The molecule has 3 rings (SSSR count). The number of hydrogen-bond donors (Lipinski definition) is 2. The van der Waals surface area contributed by atoms with E-state index in [1.54, 1.807) is 37.4 Å². The summed E-state index contributed by atoms with van der Waals surface area (Å²) in [4.78, 5) is 28.8.